The van der Waals surface area contributed by atoms with Gasteiger partial charge < -0.3 is 30.2 Å². The summed E-state index contributed by atoms with van der Waals surface area (Å²) in [5.41, 5.74) is 4.64. The van der Waals surface area contributed by atoms with E-state index in [0.717, 1.165) is 46.1 Å². The molecule has 14 heteroatoms. The molecule has 0 saturated carbocycles. The van der Waals surface area contributed by atoms with Crippen LogP contribution in [0.15, 0.2) is 85.1 Å². The van der Waals surface area contributed by atoms with Crippen molar-refractivity contribution >= 4 is 35.2 Å². The van der Waals surface area contributed by atoms with E-state index in [0.29, 0.717) is 44.2 Å². The molecule has 14 nitrogen and oxygen atoms in total. The molecular weight excluding hydrogens is 729 g/mol. The quantitative estimate of drug-likeness (QED) is 0.101. The molecule has 2 fully saturated rings. The Kier molecular flexibility index (Phi) is 11.9. The van der Waals surface area contributed by atoms with E-state index in [-0.39, 0.29) is 48.0 Å². The molecule has 5 amide bonds. The number of carbonyl (C=O) groups excluding carboxylic acids is 5. The van der Waals surface area contributed by atoms with E-state index in [4.69, 9.17) is 14.2 Å². The molecule has 3 aliphatic rings. The number of fused-ring (bicyclic) bond motifs is 1. The average molecular weight is 775 g/mol. The Morgan fingerprint density at radius 3 is 2.35 bits per heavy atom. The lowest BCUT2D eigenvalue weighted by atomic mass is 9.78. The highest BCUT2D eigenvalue weighted by atomic mass is 16.5. The van der Waals surface area contributed by atoms with Crippen molar-refractivity contribution in [2.45, 2.75) is 57.3 Å². The highest BCUT2D eigenvalue weighted by Gasteiger charge is 2.45. The topological polar surface area (TPSA) is 177 Å². The Labute approximate surface area is 330 Å². The van der Waals surface area contributed by atoms with Gasteiger partial charge in [0.25, 0.3) is 17.7 Å². The molecule has 7 rings (SSSR count). The van der Waals surface area contributed by atoms with Gasteiger partial charge in [0.2, 0.25) is 11.8 Å². The summed E-state index contributed by atoms with van der Waals surface area (Å²) >= 11 is 0. The van der Waals surface area contributed by atoms with Gasteiger partial charge in [-0.25, -0.2) is 0 Å². The molecule has 1 aromatic heterocycles. The van der Waals surface area contributed by atoms with Crippen LogP contribution in [-0.2, 0) is 31.1 Å². The van der Waals surface area contributed by atoms with Crippen LogP contribution in [0.2, 0.25) is 0 Å². The summed E-state index contributed by atoms with van der Waals surface area (Å²) in [5.74, 6) is -1.18. The maximum Gasteiger partial charge on any atom is 0.264 e. The Hall–Kier alpha value is -6.12. The van der Waals surface area contributed by atoms with E-state index in [2.05, 4.69) is 52.2 Å². The second-order valence-electron chi connectivity index (χ2n) is 14.7. The van der Waals surface area contributed by atoms with E-state index < -0.39 is 29.7 Å². The van der Waals surface area contributed by atoms with Crippen LogP contribution in [0.25, 0.3) is 0 Å². The average Bonchev–Trinajstić information content (AvgIpc) is 3.48. The molecule has 2 atom stereocenters. The fourth-order valence-electron chi connectivity index (χ4n) is 7.28. The summed E-state index contributed by atoms with van der Waals surface area (Å²) in [6.07, 6.45) is 2.40. The van der Waals surface area contributed by atoms with Gasteiger partial charge in [0.1, 0.15) is 24.1 Å². The molecule has 4 aromatic rings. The van der Waals surface area contributed by atoms with E-state index >= 15 is 0 Å². The maximum atomic E-state index is 13.3. The van der Waals surface area contributed by atoms with E-state index in [1.165, 1.54) is 0 Å². The molecule has 0 bridgehead atoms. The van der Waals surface area contributed by atoms with E-state index in [9.17, 15) is 24.0 Å². The van der Waals surface area contributed by atoms with Crippen molar-refractivity contribution in [3.63, 3.8) is 0 Å². The second-order valence-corrected chi connectivity index (χ2v) is 14.7. The lowest BCUT2D eigenvalue weighted by Gasteiger charge is -2.27. The Morgan fingerprint density at radius 1 is 0.912 bits per heavy atom. The third-order valence-electron chi connectivity index (χ3n) is 10.6. The number of ether oxygens (including phenoxy) is 3. The minimum atomic E-state index is -1.03. The molecular formula is C43H46N6O8. The van der Waals surface area contributed by atoms with Crippen molar-refractivity contribution in [1.82, 2.24) is 25.8 Å². The highest BCUT2D eigenvalue weighted by molar-refractivity contribution is 6.25. The van der Waals surface area contributed by atoms with Gasteiger partial charge in [0.15, 0.2) is 6.61 Å². The molecule has 57 heavy (non-hydrogen) atoms. The number of hydrogen-bond donors (Lipinski definition) is 4. The number of piperidine rings is 1. The van der Waals surface area contributed by atoms with Gasteiger partial charge in [-0.15, -0.1) is 0 Å². The number of amides is 5. The molecule has 0 radical (unpaired) electrons. The lowest BCUT2D eigenvalue weighted by molar-refractivity contribution is -0.136. The van der Waals surface area contributed by atoms with Gasteiger partial charge in [-0.3, -0.25) is 39.2 Å². The number of benzene rings is 3. The first-order valence-electron chi connectivity index (χ1n) is 19.2. The fraction of sp³-hybridized carbons (Fsp3) is 0.349. The Balaban J connectivity index is 0.841. The van der Waals surface area contributed by atoms with Gasteiger partial charge in [0, 0.05) is 55.5 Å². The van der Waals surface area contributed by atoms with Crippen LogP contribution in [0, 0.1) is 0 Å². The van der Waals surface area contributed by atoms with E-state index in [1.54, 1.807) is 24.4 Å². The van der Waals surface area contributed by atoms with Crippen molar-refractivity contribution in [3.8, 4) is 11.5 Å². The number of rotatable bonds is 15. The summed E-state index contributed by atoms with van der Waals surface area (Å²) < 4.78 is 17.8. The SMILES string of the molecule is CC(C)(c1ccc(OCC(=O)NCCCNc2cccc3c2C(=O)N(C2CCC(=O)NC2=O)C3=O)cc1)c1ccc(OCc2ncccc2C2CNCCO2)cc1. The molecule has 2 saturated heterocycles. The zero-order valence-corrected chi connectivity index (χ0v) is 32.0. The molecule has 3 aromatic carbocycles. The summed E-state index contributed by atoms with van der Waals surface area (Å²) in [6.45, 7) is 7.52. The smallest absolute Gasteiger partial charge is 0.264 e. The first-order chi connectivity index (χ1) is 27.6. The molecule has 4 N–H and O–H groups in total. The third kappa shape index (κ3) is 8.82. The van der Waals surface area contributed by atoms with Gasteiger partial charge in [-0.2, -0.15) is 0 Å². The summed E-state index contributed by atoms with van der Waals surface area (Å²) in [6, 6.07) is 23.6. The zero-order valence-electron chi connectivity index (χ0n) is 32.0. The normalized spacial score (nSPS) is 18.2. The minimum absolute atomic E-state index is 0.0403. The number of carbonyl (C=O) groups is 5. The number of pyridine rings is 1. The number of hydrogen-bond acceptors (Lipinski definition) is 11. The highest BCUT2D eigenvalue weighted by Crippen LogP contribution is 2.34. The van der Waals surface area contributed by atoms with Gasteiger partial charge in [-0.05, 0) is 66.4 Å². The van der Waals surface area contributed by atoms with Crippen molar-refractivity contribution < 1.29 is 38.2 Å². The van der Waals surface area contributed by atoms with Crippen LogP contribution >= 0.6 is 0 Å². The first kappa shape index (κ1) is 39.1. The predicted octanol–water partition coefficient (Wildman–Crippen LogP) is 4.05. The maximum absolute atomic E-state index is 13.3. The van der Waals surface area contributed by atoms with Crippen LogP contribution in [0.5, 0.6) is 11.5 Å². The number of nitrogens with one attached hydrogen (secondary N) is 4. The van der Waals surface area contributed by atoms with Gasteiger partial charge in [0.05, 0.1) is 29.5 Å². The lowest BCUT2D eigenvalue weighted by Crippen LogP contribution is -2.54. The number of anilines is 1. The Morgan fingerprint density at radius 2 is 1.65 bits per heavy atom. The molecule has 2 unspecified atom stereocenters. The number of aromatic nitrogens is 1. The molecule has 4 heterocycles. The molecule has 0 spiro atoms. The largest absolute Gasteiger partial charge is 0.487 e. The predicted molar refractivity (Wildman–Crippen MR) is 210 cm³/mol. The van der Waals surface area contributed by atoms with Crippen molar-refractivity contribution in [2.75, 3.05) is 44.7 Å². The zero-order chi connectivity index (χ0) is 39.9. The fourth-order valence-corrected chi connectivity index (χ4v) is 7.28. The number of morpholine rings is 1. The molecule has 296 valence electrons. The summed E-state index contributed by atoms with van der Waals surface area (Å²) in [7, 11) is 0. The number of nitrogens with zero attached hydrogens (tertiary/aromatic N) is 2. The first-order valence-corrected chi connectivity index (χ1v) is 19.2. The van der Waals surface area contributed by atoms with Crippen molar-refractivity contribution in [1.29, 1.82) is 0 Å². The monoisotopic (exact) mass is 774 g/mol. The van der Waals surface area contributed by atoms with Crippen LogP contribution in [0.1, 0.15) is 82.3 Å². The van der Waals surface area contributed by atoms with Crippen molar-refractivity contribution in [2.24, 2.45) is 0 Å². The molecule has 0 aliphatic carbocycles. The Bertz CT molecular complexity index is 2130. The van der Waals surface area contributed by atoms with E-state index in [1.807, 2.05) is 48.5 Å². The van der Waals surface area contributed by atoms with Crippen LogP contribution in [-0.4, -0.2) is 84.9 Å². The van der Waals surface area contributed by atoms with Crippen LogP contribution in [0.3, 0.4) is 0 Å². The van der Waals surface area contributed by atoms with Crippen LogP contribution in [0.4, 0.5) is 5.69 Å². The van der Waals surface area contributed by atoms with Gasteiger partial charge in [-0.1, -0.05) is 50.2 Å². The standard InChI is InChI=1S/C43H46N6O8/c1-43(2,27-9-13-29(14-10-27)56-25-34-31(7-4-19-46-34)36-24-44-22-23-55-36)28-11-15-30(16-12-28)57-26-38(51)47-21-5-20-45-33-8-3-6-32-39(33)42(54)49(41(32)53)35-17-18-37(50)48-40(35)52/h3-4,6-16,19,35-36,44-45H,5,17-18,20-26H2,1-2H3,(H,47,51)(H,48,50,52). The molecule has 3 aliphatic heterocycles. The van der Waals surface area contributed by atoms with Crippen LogP contribution < -0.4 is 30.7 Å². The minimum Gasteiger partial charge on any atom is -0.487 e. The number of imide groups is 2. The van der Waals surface area contributed by atoms with Gasteiger partial charge >= 0.3 is 0 Å². The summed E-state index contributed by atoms with van der Waals surface area (Å²) in [4.78, 5) is 68.4. The third-order valence-corrected chi connectivity index (χ3v) is 10.6. The summed E-state index contributed by atoms with van der Waals surface area (Å²) in [5, 5.41) is 11.6. The second kappa shape index (κ2) is 17.3. The van der Waals surface area contributed by atoms with Crippen molar-refractivity contribution in [3.05, 3.63) is 119 Å².